The highest BCUT2D eigenvalue weighted by Crippen LogP contribution is 2.18. The van der Waals surface area contributed by atoms with Crippen LogP contribution < -0.4 is 0 Å². The second-order valence-electron chi connectivity index (χ2n) is 3.05. The van der Waals surface area contributed by atoms with Gasteiger partial charge < -0.3 is 0 Å². The highest BCUT2D eigenvalue weighted by molar-refractivity contribution is 7.72. The molecular weight excluding hydrogens is 210 g/mol. The first-order chi connectivity index (χ1) is 7.27. The summed E-state index contributed by atoms with van der Waals surface area (Å²) < 4.78 is 21.3. The minimum absolute atomic E-state index is 0.331. The van der Waals surface area contributed by atoms with Crippen molar-refractivity contribution in [3.63, 3.8) is 0 Å². The Morgan fingerprint density at radius 2 is 1.67 bits per heavy atom. The van der Waals surface area contributed by atoms with Crippen molar-refractivity contribution in [1.29, 1.82) is 0 Å². The molecule has 15 heavy (non-hydrogen) atoms. The molecule has 0 N–H and O–H groups in total. The molecule has 0 spiro atoms. The van der Waals surface area contributed by atoms with Crippen LogP contribution in [0.5, 0.6) is 0 Å². The maximum absolute atomic E-state index is 10.7. The Morgan fingerprint density at radius 1 is 0.933 bits per heavy atom. The summed E-state index contributed by atoms with van der Waals surface area (Å²) >= 11 is 0. The normalized spacial score (nSPS) is 10.5. The lowest BCUT2D eigenvalue weighted by atomic mass is 10.1. The largest absolute Gasteiger partial charge is 0.264 e. The lowest BCUT2D eigenvalue weighted by Gasteiger charge is -1.99. The Kier molecular flexibility index (Phi) is 2.78. The van der Waals surface area contributed by atoms with Gasteiger partial charge in [-0.3, -0.25) is 4.98 Å². The first-order valence-electron chi connectivity index (χ1n) is 4.42. The standard InChI is InChI=1S/C11H9NO2S/c13-15(14)11-5-3-9(4-6-11)10-2-1-7-12-8-10/h1-8,15H. The number of thiol groups is 1. The van der Waals surface area contributed by atoms with Crippen LogP contribution in [0.4, 0.5) is 0 Å². The average Bonchev–Trinajstić information content (AvgIpc) is 2.30. The van der Waals surface area contributed by atoms with Gasteiger partial charge in [0.05, 0.1) is 4.90 Å². The Hall–Kier alpha value is -1.68. The zero-order valence-electron chi connectivity index (χ0n) is 7.83. The van der Waals surface area contributed by atoms with Crippen LogP contribution in [0.3, 0.4) is 0 Å². The molecular formula is C11H9NO2S. The van der Waals surface area contributed by atoms with Gasteiger partial charge in [-0.15, -0.1) is 0 Å². The summed E-state index contributed by atoms with van der Waals surface area (Å²) in [6, 6.07) is 10.5. The van der Waals surface area contributed by atoms with Gasteiger partial charge in [0.1, 0.15) is 0 Å². The van der Waals surface area contributed by atoms with E-state index in [1.165, 1.54) is 0 Å². The Labute approximate surface area is 89.4 Å². The third kappa shape index (κ3) is 2.22. The van der Waals surface area contributed by atoms with E-state index in [4.69, 9.17) is 0 Å². The average molecular weight is 219 g/mol. The molecule has 0 saturated carbocycles. The number of aromatic nitrogens is 1. The molecule has 1 aromatic carbocycles. The molecule has 0 bridgehead atoms. The first-order valence-corrected chi connectivity index (χ1v) is 5.60. The van der Waals surface area contributed by atoms with Gasteiger partial charge in [0, 0.05) is 12.4 Å². The predicted octanol–water partition coefficient (Wildman–Crippen LogP) is 1.72. The molecule has 0 aliphatic heterocycles. The van der Waals surface area contributed by atoms with E-state index in [0.717, 1.165) is 11.1 Å². The Bertz CT molecular complexity index is 510. The predicted molar refractivity (Wildman–Crippen MR) is 58.3 cm³/mol. The summed E-state index contributed by atoms with van der Waals surface area (Å²) in [7, 11) is -2.49. The minimum atomic E-state index is -2.49. The van der Waals surface area contributed by atoms with Crippen molar-refractivity contribution in [1.82, 2.24) is 4.98 Å². The van der Waals surface area contributed by atoms with E-state index in [-0.39, 0.29) is 0 Å². The van der Waals surface area contributed by atoms with E-state index in [0.29, 0.717) is 4.90 Å². The number of nitrogens with zero attached hydrogens (tertiary/aromatic N) is 1. The third-order valence-electron chi connectivity index (χ3n) is 2.07. The van der Waals surface area contributed by atoms with Gasteiger partial charge in [-0.25, -0.2) is 8.42 Å². The van der Waals surface area contributed by atoms with Crippen LogP contribution in [0.2, 0.25) is 0 Å². The van der Waals surface area contributed by atoms with Gasteiger partial charge in [0.25, 0.3) is 0 Å². The molecule has 0 aliphatic carbocycles. The highest BCUT2D eigenvalue weighted by atomic mass is 32.2. The summed E-state index contributed by atoms with van der Waals surface area (Å²) in [6.45, 7) is 0. The fourth-order valence-corrected chi connectivity index (χ4v) is 1.70. The van der Waals surface area contributed by atoms with Gasteiger partial charge >= 0.3 is 0 Å². The van der Waals surface area contributed by atoms with Crippen LogP contribution >= 0.6 is 0 Å². The minimum Gasteiger partial charge on any atom is -0.264 e. The third-order valence-corrected chi connectivity index (χ3v) is 2.79. The van der Waals surface area contributed by atoms with Crippen LogP contribution in [0.25, 0.3) is 11.1 Å². The molecule has 2 rings (SSSR count). The van der Waals surface area contributed by atoms with Gasteiger partial charge in [-0.1, -0.05) is 18.2 Å². The van der Waals surface area contributed by atoms with Gasteiger partial charge in [-0.2, -0.15) is 0 Å². The fourth-order valence-electron chi connectivity index (χ4n) is 1.31. The Balaban J connectivity index is 2.40. The van der Waals surface area contributed by atoms with Crippen LogP contribution in [0, 0.1) is 0 Å². The maximum atomic E-state index is 10.7. The topological polar surface area (TPSA) is 47.0 Å². The molecule has 76 valence electrons. The fraction of sp³-hybridized carbons (Fsp3) is 0. The summed E-state index contributed by atoms with van der Waals surface area (Å²) in [5.74, 6) is 0. The molecule has 0 amide bonds. The number of hydrogen-bond acceptors (Lipinski definition) is 3. The van der Waals surface area contributed by atoms with Crippen molar-refractivity contribution in [2.45, 2.75) is 4.90 Å². The molecule has 0 saturated heterocycles. The van der Waals surface area contributed by atoms with Crippen molar-refractivity contribution in [2.24, 2.45) is 0 Å². The summed E-state index contributed by atoms with van der Waals surface area (Å²) in [5, 5.41) is 0. The van der Waals surface area contributed by atoms with Crippen LogP contribution in [0.15, 0.2) is 53.7 Å². The lowest BCUT2D eigenvalue weighted by Crippen LogP contribution is -1.82. The second-order valence-corrected chi connectivity index (χ2v) is 4.08. The maximum Gasteiger partial charge on any atom is 0.168 e. The molecule has 0 aliphatic rings. The molecule has 0 radical (unpaired) electrons. The molecule has 3 nitrogen and oxygen atoms in total. The number of pyridine rings is 1. The molecule has 0 atom stereocenters. The van der Waals surface area contributed by atoms with Crippen molar-refractivity contribution < 1.29 is 8.42 Å². The SMILES string of the molecule is O=[SH](=O)c1ccc(-c2cccnc2)cc1. The first kappa shape index (κ1) is 9.86. The van der Waals surface area contributed by atoms with Gasteiger partial charge in [0.2, 0.25) is 0 Å². The molecule has 4 heteroatoms. The van der Waals surface area contributed by atoms with Crippen LogP contribution in [-0.2, 0) is 10.7 Å². The quantitative estimate of drug-likeness (QED) is 0.782. The Morgan fingerprint density at radius 3 is 2.20 bits per heavy atom. The summed E-state index contributed by atoms with van der Waals surface area (Å²) in [6.07, 6.45) is 3.44. The van der Waals surface area contributed by atoms with E-state index in [1.807, 2.05) is 12.1 Å². The second kappa shape index (κ2) is 4.23. The van der Waals surface area contributed by atoms with E-state index < -0.39 is 10.7 Å². The van der Waals surface area contributed by atoms with E-state index in [9.17, 15) is 8.42 Å². The van der Waals surface area contributed by atoms with Crippen molar-refractivity contribution in [3.05, 3.63) is 48.8 Å². The van der Waals surface area contributed by atoms with E-state index >= 15 is 0 Å². The highest BCUT2D eigenvalue weighted by Gasteiger charge is 1.98. The van der Waals surface area contributed by atoms with Crippen LogP contribution in [-0.4, -0.2) is 13.4 Å². The zero-order chi connectivity index (χ0) is 10.7. The van der Waals surface area contributed by atoms with Gasteiger partial charge in [-0.05, 0) is 29.3 Å². The van der Waals surface area contributed by atoms with Crippen LogP contribution in [0.1, 0.15) is 0 Å². The van der Waals surface area contributed by atoms with E-state index in [1.54, 1.807) is 36.7 Å². The number of benzene rings is 1. The molecule has 2 aromatic rings. The molecule has 0 fully saturated rings. The molecule has 1 heterocycles. The van der Waals surface area contributed by atoms with E-state index in [2.05, 4.69) is 4.98 Å². The van der Waals surface area contributed by atoms with Crippen molar-refractivity contribution in [2.75, 3.05) is 0 Å². The van der Waals surface area contributed by atoms with Crippen molar-refractivity contribution >= 4 is 10.7 Å². The van der Waals surface area contributed by atoms with Crippen molar-refractivity contribution in [3.8, 4) is 11.1 Å². The lowest BCUT2D eigenvalue weighted by molar-refractivity contribution is 0.614. The monoisotopic (exact) mass is 219 g/mol. The summed E-state index contributed by atoms with van der Waals surface area (Å²) in [5.41, 5.74) is 1.94. The number of rotatable bonds is 2. The summed E-state index contributed by atoms with van der Waals surface area (Å²) in [4.78, 5) is 4.33. The smallest absolute Gasteiger partial charge is 0.168 e. The van der Waals surface area contributed by atoms with Gasteiger partial charge in [0.15, 0.2) is 10.7 Å². The molecule has 1 aromatic heterocycles. The zero-order valence-corrected chi connectivity index (χ0v) is 8.72. The number of hydrogen-bond donors (Lipinski definition) is 1. The molecule has 0 unspecified atom stereocenters.